The molecule has 1 aliphatic carbocycles. The van der Waals surface area contributed by atoms with Crippen molar-refractivity contribution in [2.24, 2.45) is 11.8 Å². The van der Waals surface area contributed by atoms with Crippen molar-refractivity contribution in [2.45, 2.75) is 52.1 Å². The number of aromatic nitrogens is 2. The molecule has 2 N–H and O–H groups in total. The number of amides is 2. The van der Waals surface area contributed by atoms with Crippen molar-refractivity contribution in [3.05, 3.63) is 40.4 Å². The lowest BCUT2D eigenvalue weighted by molar-refractivity contribution is 0.134. The van der Waals surface area contributed by atoms with Gasteiger partial charge in [0.15, 0.2) is 0 Å². The fourth-order valence-electron chi connectivity index (χ4n) is 4.14. The molecule has 2 heterocycles. The van der Waals surface area contributed by atoms with Gasteiger partial charge in [-0.1, -0.05) is 49.4 Å². The van der Waals surface area contributed by atoms with E-state index in [0.29, 0.717) is 17.6 Å². The minimum absolute atomic E-state index is 0.228. The van der Waals surface area contributed by atoms with Crippen molar-refractivity contribution in [2.75, 3.05) is 18.4 Å². The summed E-state index contributed by atoms with van der Waals surface area (Å²) >= 11 is 1.48. The molecule has 28 heavy (non-hydrogen) atoms. The van der Waals surface area contributed by atoms with E-state index >= 15 is 0 Å². The lowest BCUT2D eigenvalue weighted by Crippen LogP contribution is -2.38. The fourth-order valence-corrected chi connectivity index (χ4v) is 5.05. The van der Waals surface area contributed by atoms with E-state index in [1.54, 1.807) is 0 Å². The molecular weight excluding hydrogens is 370 g/mol. The standard InChI is InChI=1S/C21H29N5OS/c1-14-9-15(2)12-26(11-14)13-18-6-4-3-5-17(18)10-22-20(27)23-21-25-24-19(28-21)16-7-8-16/h3-6,14-16H,7-13H2,1-2H3,(H2,22,23,25,27)/t14-,15+. The monoisotopic (exact) mass is 399 g/mol. The fraction of sp³-hybridized carbons (Fsp3) is 0.571. The Morgan fingerprint density at radius 1 is 1.14 bits per heavy atom. The van der Waals surface area contributed by atoms with Crippen LogP contribution in [0.4, 0.5) is 9.93 Å². The van der Waals surface area contributed by atoms with E-state index in [9.17, 15) is 4.79 Å². The first-order chi connectivity index (χ1) is 13.6. The molecule has 1 aromatic heterocycles. The van der Waals surface area contributed by atoms with Crippen LogP contribution >= 0.6 is 11.3 Å². The molecule has 1 aliphatic heterocycles. The molecular formula is C21H29N5OS. The number of nitrogens with one attached hydrogen (secondary N) is 2. The number of anilines is 1. The van der Waals surface area contributed by atoms with E-state index in [0.717, 1.165) is 36.5 Å². The van der Waals surface area contributed by atoms with Gasteiger partial charge in [0.25, 0.3) is 0 Å². The van der Waals surface area contributed by atoms with Crippen LogP contribution in [0.2, 0.25) is 0 Å². The van der Waals surface area contributed by atoms with Gasteiger partial charge in [0.2, 0.25) is 5.13 Å². The molecule has 4 rings (SSSR count). The maximum absolute atomic E-state index is 12.3. The second kappa shape index (κ2) is 8.57. The van der Waals surface area contributed by atoms with Crippen molar-refractivity contribution in [1.82, 2.24) is 20.4 Å². The summed E-state index contributed by atoms with van der Waals surface area (Å²) in [6.45, 7) is 8.41. The van der Waals surface area contributed by atoms with Gasteiger partial charge in [0.1, 0.15) is 5.01 Å². The van der Waals surface area contributed by atoms with Crippen LogP contribution in [-0.4, -0.2) is 34.2 Å². The first-order valence-corrected chi connectivity index (χ1v) is 11.1. The van der Waals surface area contributed by atoms with Crippen LogP contribution in [0.1, 0.15) is 55.2 Å². The van der Waals surface area contributed by atoms with E-state index in [1.165, 1.54) is 41.7 Å². The van der Waals surface area contributed by atoms with E-state index in [1.807, 2.05) is 6.07 Å². The minimum atomic E-state index is -0.228. The normalized spacial score (nSPS) is 22.8. The molecule has 0 radical (unpaired) electrons. The van der Waals surface area contributed by atoms with E-state index in [2.05, 4.69) is 57.8 Å². The number of carbonyl (C=O) groups is 1. The predicted octanol–water partition coefficient (Wildman–Crippen LogP) is 4.22. The van der Waals surface area contributed by atoms with Gasteiger partial charge in [-0.15, -0.1) is 10.2 Å². The molecule has 0 unspecified atom stereocenters. The average molecular weight is 400 g/mol. The lowest BCUT2D eigenvalue weighted by atomic mass is 9.91. The third-order valence-electron chi connectivity index (χ3n) is 5.48. The second-order valence-corrected chi connectivity index (χ2v) is 9.45. The van der Waals surface area contributed by atoms with Crippen molar-refractivity contribution < 1.29 is 4.79 Å². The van der Waals surface area contributed by atoms with Crippen LogP contribution in [0, 0.1) is 11.8 Å². The minimum Gasteiger partial charge on any atom is -0.334 e. The number of hydrogen-bond acceptors (Lipinski definition) is 5. The third kappa shape index (κ3) is 5.08. The van der Waals surface area contributed by atoms with E-state index in [-0.39, 0.29) is 6.03 Å². The molecule has 1 saturated carbocycles. The first-order valence-electron chi connectivity index (χ1n) is 10.2. The Morgan fingerprint density at radius 3 is 2.57 bits per heavy atom. The summed E-state index contributed by atoms with van der Waals surface area (Å²) in [4.78, 5) is 14.8. The predicted molar refractivity (Wildman–Crippen MR) is 112 cm³/mol. The summed E-state index contributed by atoms with van der Waals surface area (Å²) in [7, 11) is 0. The number of benzene rings is 1. The molecule has 1 aromatic carbocycles. The highest BCUT2D eigenvalue weighted by Crippen LogP contribution is 2.42. The maximum atomic E-state index is 12.3. The van der Waals surface area contributed by atoms with E-state index < -0.39 is 0 Å². The Kier molecular flexibility index (Phi) is 5.92. The quantitative estimate of drug-likeness (QED) is 0.763. The number of nitrogens with zero attached hydrogens (tertiary/aromatic N) is 3. The van der Waals surface area contributed by atoms with Crippen molar-refractivity contribution in [3.8, 4) is 0 Å². The first kappa shape index (κ1) is 19.3. The molecule has 7 heteroatoms. The lowest BCUT2D eigenvalue weighted by Gasteiger charge is -2.35. The Labute approximate surface area is 170 Å². The van der Waals surface area contributed by atoms with Crippen LogP contribution in [0.25, 0.3) is 0 Å². The highest BCUT2D eigenvalue weighted by Gasteiger charge is 2.27. The highest BCUT2D eigenvalue weighted by atomic mass is 32.1. The molecule has 2 atom stereocenters. The van der Waals surface area contributed by atoms with Crippen LogP contribution in [0.5, 0.6) is 0 Å². The molecule has 2 fully saturated rings. The second-order valence-electron chi connectivity index (χ2n) is 8.44. The smallest absolute Gasteiger partial charge is 0.321 e. The van der Waals surface area contributed by atoms with Crippen molar-refractivity contribution >= 4 is 22.5 Å². The van der Waals surface area contributed by atoms with Crippen LogP contribution < -0.4 is 10.6 Å². The number of carbonyl (C=O) groups excluding carboxylic acids is 1. The Bertz CT molecular complexity index is 809. The van der Waals surface area contributed by atoms with Gasteiger partial charge in [-0.05, 0) is 42.2 Å². The number of hydrogen-bond donors (Lipinski definition) is 2. The summed E-state index contributed by atoms with van der Waals surface area (Å²) in [5, 5.41) is 15.6. The van der Waals surface area contributed by atoms with Crippen molar-refractivity contribution in [1.29, 1.82) is 0 Å². The zero-order valence-electron chi connectivity index (χ0n) is 16.6. The number of piperidine rings is 1. The van der Waals surface area contributed by atoms with Crippen LogP contribution in [0.15, 0.2) is 24.3 Å². The molecule has 150 valence electrons. The molecule has 2 amide bonds. The highest BCUT2D eigenvalue weighted by molar-refractivity contribution is 7.15. The van der Waals surface area contributed by atoms with Gasteiger partial charge in [-0.25, -0.2) is 4.79 Å². The summed E-state index contributed by atoms with van der Waals surface area (Å²) in [5.41, 5.74) is 2.45. The molecule has 1 saturated heterocycles. The molecule has 2 aliphatic rings. The van der Waals surface area contributed by atoms with Gasteiger partial charge >= 0.3 is 6.03 Å². The van der Waals surface area contributed by atoms with Crippen LogP contribution in [-0.2, 0) is 13.1 Å². The van der Waals surface area contributed by atoms with Gasteiger partial charge in [-0.3, -0.25) is 10.2 Å². The maximum Gasteiger partial charge on any atom is 0.321 e. The topological polar surface area (TPSA) is 70.2 Å². The van der Waals surface area contributed by atoms with Crippen LogP contribution in [0.3, 0.4) is 0 Å². The summed E-state index contributed by atoms with van der Waals surface area (Å²) in [6, 6.07) is 8.16. The Balaban J connectivity index is 1.32. The van der Waals surface area contributed by atoms with Gasteiger partial charge in [0, 0.05) is 32.1 Å². The van der Waals surface area contributed by atoms with Gasteiger partial charge < -0.3 is 5.32 Å². The van der Waals surface area contributed by atoms with Crippen molar-refractivity contribution in [3.63, 3.8) is 0 Å². The molecule has 0 bridgehead atoms. The average Bonchev–Trinajstić information content (AvgIpc) is 3.40. The summed E-state index contributed by atoms with van der Waals surface area (Å²) in [6.07, 6.45) is 3.69. The number of urea groups is 1. The van der Waals surface area contributed by atoms with Gasteiger partial charge in [0.05, 0.1) is 0 Å². The van der Waals surface area contributed by atoms with E-state index in [4.69, 9.17) is 0 Å². The SMILES string of the molecule is C[C@@H]1C[C@H](C)CN(Cc2ccccc2CNC(=O)Nc2nnc(C3CC3)s2)C1. The third-order valence-corrected chi connectivity index (χ3v) is 6.49. The van der Waals surface area contributed by atoms with Gasteiger partial charge in [-0.2, -0.15) is 0 Å². The number of rotatable bonds is 6. The molecule has 0 spiro atoms. The zero-order chi connectivity index (χ0) is 19.5. The molecule has 6 nitrogen and oxygen atoms in total. The Morgan fingerprint density at radius 2 is 1.86 bits per heavy atom. The summed E-state index contributed by atoms with van der Waals surface area (Å²) < 4.78 is 0. The summed E-state index contributed by atoms with van der Waals surface area (Å²) in [5.74, 6) is 2.04. The largest absolute Gasteiger partial charge is 0.334 e. The Hall–Kier alpha value is -1.99. The molecule has 2 aromatic rings. The number of likely N-dealkylation sites (tertiary alicyclic amines) is 1. The zero-order valence-corrected chi connectivity index (χ0v) is 17.5.